The molecule has 0 unspecified atom stereocenters. The number of carbonyl (C=O) groups is 1. The van der Waals surface area contributed by atoms with E-state index in [1.54, 1.807) is 30.0 Å². The topological polar surface area (TPSA) is 42.3 Å². The molecule has 1 amide bonds. The molecule has 3 aromatic carbocycles. The highest BCUT2D eigenvalue weighted by Crippen LogP contribution is 2.39. The molecular weight excluding hydrogens is 554 g/mol. The summed E-state index contributed by atoms with van der Waals surface area (Å²) < 4.78 is 81.9. The molecule has 40 heavy (non-hydrogen) atoms. The summed E-state index contributed by atoms with van der Waals surface area (Å²) in [7, 11) is 1.25. The number of para-hydroxylation sites is 1. The molecule has 0 spiro atoms. The van der Waals surface area contributed by atoms with Crippen molar-refractivity contribution in [2.45, 2.75) is 37.3 Å². The molecule has 2 heterocycles. The Morgan fingerprint density at radius 1 is 0.950 bits per heavy atom. The van der Waals surface area contributed by atoms with Crippen LogP contribution in [0.3, 0.4) is 0 Å². The monoisotopic (exact) mass is 576 g/mol. The zero-order valence-electron chi connectivity index (χ0n) is 21.3. The standard InChI is InChI=1S/C29H22F6N2O2S/c1-16-6-8-18(9-7-16)23-21-4-3-5-22-25(21)37(10-11-40-22)27(39)24(23)26(38)36(2)15-17-12-19(28(30,31)32)14-20(13-17)29(33,34)35/h3-9,12-14H,10-11,15H2,1-2H3. The Bertz CT molecular complexity index is 1660. The number of amides is 1. The van der Waals surface area contributed by atoms with Gasteiger partial charge in [0.1, 0.15) is 5.56 Å². The van der Waals surface area contributed by atoms with Crippen LogP contribution in [0.1, 0.15) is 32.6 Å². The highest BCUT2D eigenvalue weighted by Gasteiger charge is 2.37. The van der Waals surface area contributed by atoms with Crippen molar-refractivity contribution in [3.8, 4) is 11.1 Å². The smallest absolute Gasteiger partial charge is 0.337 e. The summed E-state index contributed by atoms with van der Waals surface area (Å²) in [4.78, 5) is 29.6. The number of benzene rings is 3. The second kappa shape index (κ2) is 10.0. The molecule has 1 aromatic heterocycles. The van der Waals surface area contributed by atoms with E-state index in [9.17, 15) is 35.9 Å². The van der Waals surface area contributed by atoms with Gasteiger partial charge in [-0.2, -0.15) is 26.3 Å². The van der Waals surface area contributed by atoms with Crippen LogP contribution in [0.15, 0.2) is 70.4 Å². The van der Waals surface area contributed by atoms with E-state index in [4.69, 9.17) is 0 Å². The van der Waals surface area contributed by atoms with Gasteiger partial charge >= 0.3 is 12.4 Å². The Hall–Kier alpha value is -3.73. The minimum Gasteiger partial charge on any atom is -0.337 e. The predicted molar refractivity (Wildman–Crippen MR) is 141 cm³/mol. The van der Waals surface area contributed by atoms with Crippen LogP contribution in [0, 0.1) is 6.92 Å². The zero-order chi connectivity index (χ0) is 29.0. The molecule has 4 nitrogen and oxygen atoms in total. The third-order valence-electron chi connectivity index (χ3n) is 6.79. The van der Waals surface area contributed by atoms with E-state index in [1.807, 2.05) is 31.2 Å². The molecule has 0 aliphatic carbocycles. The van der Waals surface area contributed by atoms with Crippen LogP contribution >= 0.6 is 11.8 Å². The van der Waals surface area contributed by atoms with Crippen molar-refractivity contribution in [3.63, 3.8) is 0 Å². The van der Waals surface area contributed by atoms with Crippen molar-refractivity contribution < 1.29 is 31.1 Å². The molecule has 0 radical (unpaired) electrons. The van der Waals surface area contributed by atoms with Crippen LogP contribution in [-0.2, 0) is 25.4 Å². The zero-order valence-corrected chi connectivity index (χ0v) is 22.1. The molecule has 0 saturated heterocycles. The molecule has 0 atom stereocenters. The van der Waals surface area contributed by atoms with Crippen molar-refractivity contribution in [2.24, 2.45) is 0 Å². The van der Waals surface area contributed by atoms with Crippen LogP contribution in [0.5, 0.6) is 0 Å². The number of halogens is 6. The van der Waals surface area contributed by atoms with Gasteiger partial charge < -0.3 is 9.47 Å². The molecule has 208 valence electrons. The van der Waals surface area contributed by atoms with Crippen LogP contribution < -0.4 is 5.56 Å². The van der Waals surface area contributed by atoms with E-state index in [2.05, 4.69) is 0 Å². The number of alkyl halides is 6. The number of aryl methyl sites for hydroxylation is 2. The molecule has 0 fully saturated rings. The van der Waals surface area contributed by atoms with Gasteiger partial charge in [0.15, 0.2) is 0 Å². The Kier molecular flexibility index (Phi) is 6.98. The maximum atomic E-state index is 13.9. The first-order chi connectivity index (χ1) is 18.8. The average molecular weight is 577 g/mol. The molecular formula is C29H22F6N2O2S. The van der Waals surface area contributed by atoms with E-state index in [1.165, 1.54) is 11.6 Å². The first-order valence-electron chi connectivity index (χ1n) is 12.2. The third kappa shape index (κ3) is 5.10. The van der Waals surface area contributed by atoms with Gasteiger partial charge in [-0.05, 0) is 42.3 Å². The van der Waals surface area contributed by atoms with Crippen molar-refractivity contribution in [1.82, 2.24) is 9.47 Å². The van der Waals surface area contributed by atoms with Crippen LogP contribution in [0.25, 0.3) is 22.0 Å². The first kappa shape index (κ1) is 27.8. The van der Waals surface area contributed by atoms with Gasteiger partial charge in [-0.3, -0.25) is 9.59 Å². The fraction of sp³-hybridized carbons (Fsp3) is 0.241. The van der Waals surface area contributed by atoms with Crippen molar-refractivity contribution in [1.29, 1.82) is 0 Å². The van der Waals surface area contributed by atoms with Gasteiger partial charge in [0.25, 0.3) is 11.5 Å². The maximum Gasteiger partial charge on any atom is 0.416 e. The van der Waals surface area contributed by atoms with E-state index in [0.29, 0.717) is 46.5 Å². The van der Waals surface area contributed by atoms with Crippen LogP contribution in [0.2, 0.25) is 0 Å². The number of hydrogen-bond donors (Lipinski definition) is 0. The number of carbonyl (C=O) groups excluding carboxylic acids is 1. The Labute approximate surface area is 229 Å². The average Bonchev–Trinajstić information content (AvgIpc) is 2.89. The van der Waals surface area contributed by atoms with Crippen molar-refractivity contribution in [2.75, 3.05) is 12.8 Å². The van der Waals surface area contributed by atoms with Crippen LogP contribution in [-0.4, -0.2) is 28.2 Å². The lowest BCUT2D eigenvalue weighted by Gasteiger charge is -2.25. The van der Waals surface area contributed by atoms with Gasteiger partial charge in [0.05, 0.1) is 16.6 Å². The number of hydrogen-bond acceptors (Lipinski definition) is 3. The number of nitrogens with zero attached hydrogens (tertiary/aromatic N) is 2. The Morgan fingerprint density at radius 3 is 2.17 bits per heavy atom. The largest absolute Gasteiger partial charge is 0.416 e. The summed E-state index contributed by atoms with van der Waals surface area (Å²) in [5.74, 6) is -0.204. The molecule has 1 aliphatic heterocycles. The number of thioether (sulfide) groups is 1. The predicted octanol–water partition coefficient (Wildman–Crippen LogP) is 7.39. The Balaban J connectivity index is 1.66. The summed E-state index contributed by atoms with van der Waals surface area (Å²) in [5.41, 5.74) is -1.46. The Morgan fingerprint density at radius 2 is 1.57 bits per heavy atom. The lowest BCUT2D eigenvalue weighted by molar-refractivity contribution is -0.143. The van der Waals surface area contributed by atoms with E-state index >= 15 is 0 Å². The number of rotatable bonds is 4. The summed E-state index contributed by atoms with van der Waals surface area (Å²) in [6, 6.07) is 13.9. The molecule has 1 aliphatic rings. The quantitative estimate of drug-likeness (QED) is 0.238. The first-order valence-corrected chi connectivity index (χ1v) is 13.2. The summed E-state index contributed by atoms with van der Waals surface area (Å²) in [6.07, 6.45) is -10.0. The normalized spacial score (nSPS) is 13.5. The molecule has 5 rings (SSSR count). The molecule has 11 heteroatoms. The highest BCUT2D eigenvalue weighted by molar-refractivity contribution is 7.99. The van der Waals surface area contributed by atoms with Gasteiger partial charge in [-0.15, -0.1) is 11.8 Å². The minimum atomic E-state index is -5.02. The van der Waals surface area contributed by atoms with E-state index in [0.717, 1.165) is 15.4 Å². The third-order valence-corrected chi connectivity index (χ3v) is 7.81. The fourth-order valence-corrected chi connectivity index (χ4v) is 5.95. The molecule has 0 saturated carbocycles. The molecule has 4 aromatic rings. The lowest BCUT2D eigenvalue weighted by Crippen LogP contribution is -2.36. The van der Waals surface area contributed by atoms with E-state index < -0.39 is 41.5 Å². The van der Waals surface area contributed by atoms with Crippen LogP contribution in [0.4, 0.5) is 26.3 Å². The van der Waals surface area contributed by atoms with Gasteiger partial charge in [-0.25, -0.2) is 0 Å². The highest BCUT2D eigenvalue weighted by atomic mass is 32.2. The molecule has 0 N–H and O–H groups in total. The summed E-state index contributed by atoms with van der Waals surface area (Å²) in [6.45, 7) is 1.65. The second-order valence-corrected chi connectivity index (χ2v) is 10.8. The van der Waals surface area contributed by atoms with Crippen molar-refractivity contribution >= 4 is 28.6 Å². The maximum absolute atomic E-state index is 13.9. The number of aromatic nitrogens is 1. The second-order valence-electron chi connectivity index (χ2n) is 9.65. The SMILES string of the molecule is Cc1ccc(-c2c(C(=O)N(C)Cc3cc(C(F)(F)F)cc(C(F)(F)F)c3)c(=O)n3c4c(cccc24)SCC3)cc1. The summed E-state index contributed by atoms with van der Waals surface area (Å²) >= 11 is 1.59. The van der Waals surface area contributed by atoms with Crippen molar-refractivity contribution in [3.05, 3.63) is 98.8 Å². The van der Waals surface area contributed by atoms with E-state index in [-0.39, 0.29) is 17.2 Å². The molecule has 0 bridgehead atoms. The minimum absolute atomic E-state index is 0.0386. The fourth-order valence-electron chi connectivity index (χ4n) is 4.92. The summed E-state index contributed by atoms with van der Waals surface area (Å²) in [5, 5.41) is 0.656. The van der Waals surface area contributed by atoms with Gasteiger partial charge in [0.2, 0.25) is 0 Å². The van der Waals surface area contributed by atoms with Gasteiger partial charge in [0, 0.05) is 41.7 Å². The van der Waals surface area contributed by atoms with Gasteiger partial charge in [-0.1, -0.05) is 42.0 Å². The number of pyridine rings is 1. The lowest BCUT2D eigenvalue weighted by atomic mass is 9.94.